The smallest absolute Gasteiger partial charge is 0.0783 e. The van der Waals surface area contributed by atoms with Gasteiger partial charge in [-0.1, -0.05) is 27.7 Å². The zero-order valence-electron chi connectivity index (χ0n) is 10.9. The van der Waals surface area contributed by atoms with E-state index in [1.165, 1.54) is 56.3 Å². The summed E-state index contributed by atoms with van der Waals surface area (Å²) in [5, 5.41) is 0. The van der Waals surface area contributed by atoms with Gasteiger partial charge in [0.15, 0.2) is 0 Å². The van der Waals surface area contributed by atoms with Gasteiger partial charge < -0.3 is 9.96 Å². The Bertz CT molecular complexity index is 90.7. The van der Waals surface area contributed by atoms with Gasteiger partial charge in [-0.25, -0.2) is 0 Å². The molecule has 0 bridgehead atoms. The van der Waals surface area contributed by atoms with Gasteiger partial charge in [0.1, 0.15) is 0 Å². The van der Waals surface area contributed by atoms with Crippen LogP contribution in [0.15, 0.2) is 0 Å². The fraction of sp³-hybridized carbons (Fsp3) is 1.00. The van der Waals surface area contributed by atoms with Crippen molar-refractivity contribution in [3.05, 3.63) is 0 Å². The van der Waals surface area contributed by atoms with Crippen LogP contribution >= 0.6 is 0 Å². The van der Waals surface area contributed by atoms with Gasteiger partial charge in [-0.15, -0.1) is 0 Å². The van der Waals surface area contributed by atoms with Crippen LogP contribution in [0.25, 0.3) is 0 Å². The minimum absolute atomic E-state index is 0. The van der Waals surface area contributed by atoms with Crippen molar-refractivity contribution in [1.29, 1.82) is 0 Å². The Morgan fingerprint density at radius 1 is 0.600 bits per heavy atom. The monoisotopic (exact) mass is 257 g/mol. The third-order valence-electron chi connectivity index (χ3n) is 2.79. The van der Waals surface area contributed by atoms with Crippen molar-refractivity contribution < 1.29 is 27.0 Å². The normalized spacial score (nSPS) is 10.4. The predicted molar refractivity (Wildman–Crippen MR) is 61.6 cm³/mol. The summed E-state index contributed by atoms with van der Waals surface area (Å²) in [6, 6.07) is 0. The molecule has 0 amide bonds. The number of hydrogen-bond acceptors (Lipinski definition) is 0. The van der Waals surface area contributed by atoms with E-state index in [9.17, 15) is 0 Å². The number of hydrogen-bond donors (Lipinski definition) is 0. The van der Waals surface area contributed by atoms with Crippen LogP contribution in [0.4, 0.5) is 0 Å². The van der Waals surface area contributed by atoms with E-state index in [-0.39, 0.29) is 22.5 Å². The Balaban J connectivity index is -0.000000720. The molecule has 3 heteroatoms. The molecule has 0 saturated carbocycles. The van der Waals surface area contributed by atoms with Crippen LogP contribution in [0.3, 0.4) is 0 Å². The van der Waals surface area contributed by atoms with E-state index < -0.39 is 0 Å². The van der Waals surface area contributed by atoms with E-state index >= 15 is 0 Å². The Morgan fingerprint density at radius 3 is 0.933 bits per heavy atom. The molecule has 0 heterocycles. The minimum Gasteiger partial charge on any atom is -2.00 e. The first kappa shape index (κ1) is 20.8. The van der Waals surface area contributed by atoms with Crippen LogP contribution in [-0.4, -0.2) is 30.7 Å². The second kappa shape index (κ2) is 12.5. The van der Waals surface area contributed by atoms with Crippen molar-refractivity contribution in [3.63, 3.8) is 0 Å². The zero-order valence-corrected chi connectivity index (χ0v) is 12.1. The van der Waals surface area contributed by atoms with Crippen molar-refractivity contribution in [1.82, 2.24) is 0 Å². The van der Waals surface area contributed by atoms with Crippen LogP contribution in [0.1, 0.15) is 53.4 Å². The van der Waals surface area contributed by atoms with Gasteiger partial charge in [0, 0.05) is 17.1 Å². The van der Waals surface area contributed by atoms with E-state index in [4.69, 9.17) is 0 Å². The van der Waals surface area contributed by atoms with E-state index in [1.54, 1.807) is 0 Å². The minimum atomic E-state index is 0. The van der Waals surface area contributed by atoms with Gasteiger partial charge in [-0.3, -0.25) is 0 Å². The molecule has 0 aromatic heterocycles. The molecule has 2 nitrogen and oxygen atoms in total. The average Bonchev–Trinajstić information content (AvgIpc) is 2.06. The van der Waals surface area contributed by atoms with Crippen molar-refractivity contribution >= 4 is 0 Å². The summed E-state index contributed by atoms with van der Waals surface area (Å²) < 4.78 is 1.38. The van der Waals surface area contributed by atoms with E-state index in [1.807, 2.05) is 0 Å². The Kier molecular flexibility index (Phi) is 17.3. The van der Waals surface area contributed by atoms with Gasteiger partial charge >= 0.3 is 0 Å². The molecule has 0 unspecified atom stereocenters. The molecule has 0 aliphatic heterocycles. The summed E-state index contributed by atoms with van der Waals surface area (Å²) in [4.78, 5) is 0. The van der Waals surface area contributed by atoms with Gasteiger partial charge in [0.2, 0.25) is 0 Å². The van der Waals surface area contributed by atoms with Crippen molar-refractivity contribution in [2.45, 2.75) is 53.4 Å². The van der Waals surface area contributed by atoms with E-state index in [2.05, 4.69) is 27.7 Å². The molecule has 0 aromatic rings. The molecule has 0 spiro atoms. The fourth-order valence-electron chi connectivity index (χ4n) is 2.57. The number of quaternary nitrogens is 1. The molecular weight excluding hydrogens is 229 g/mol. The average molecular weight is 257 g/mol. The van der Waals surface area contributed by atoms with Gasteiger partial charge in [0.05, 0.1) is 26.2 Å². The first-order valence-corrected chi connectivity index (χ1v) is 6.09. The Hall–Kier alpha value is 0.439. The summed E-state index contributed by atoms with van der Waals surface area (Å²) >= 11 is 0. The van der Waals surface area contributed by atoms with Crippen LogP contribution in [0.2, 0.25) is 0 Å². The molecule has 0 aromatic carbocycles. The van der Waals surface area contributed by atoms with Crippen molar-refractivity contribution in [2.75, 3.05) is 26.2 Å². The molecule has 95 valence electrons. The first-order valence-electron chi connectivity index (χ1n) is 6.09. The molecule has 0 rings (SSSR count). The van der Waals surface area contributed by atoms with Crippen molar-refractivity contribution in [2.24, 2.45) is 0 Å². The molecule has 0 saturated heterocycles. The molecule has 0 N–H and O–H groups in total. The maximum Gasteiger partial charge on any atom is 0.0783 e. The molecule has 0 atom stereocenters. The summed E-state index contributed by atoms with van der Waals surface area (Å²) in [6.07, 6.45) is 5.33. The first-order chi connectivity index (χ1) is 6.24. The molecule has 0 aliphatic carbocycles. The maximum absolute atomic E-state index is 2.31. The zero-order chi connectivity index (χ0) is 10.2. The Morgan fingerprint density at radius 2 is 0.800 bits per heavy atom. The molecule has 0 aliphatic rings. The number of nitrogens with zero attached hydrogens (tertiary/aromatic N) is 1. The second-order valence-corrected chi connectivity index (χ2v) is 4.24. The van der Waals surface area contributed by atoms with Crippen LogP contribution < -0.4 is 0 Å². The van der Waals surface area contributed by atoms with E-state index in [0.717, 1.165) is 0 Å². The molecular formula is C12H28MnNO-. The van der Waals surface area contributed by atoms with Gasteiger partial charge in [0.25, 0.3) is 0 Å². The maximum atomic E-state index is 2.31. The van der Waals surface area contributed by atoms with Crippen molar-refractivity contribution in [3.8, 4) is 0 Å². The van der Waals surface area contributed by atoms with Crippen LogP contribution in [0.5, 0.6) is 0 Å². The van der Waals surface area contributed by atoms with Gasteiger partial charge in [-0.2, -0.15) is 0 Å². The third kappa shape index (κ3) is 8.27. The SMILES string of the molecule is CCC[N+](CCC)(CCC)CCC.[Mn].[O-2]. The fourth-order valence-corrected chi connectivity index (χ4v) is 2.57. The number of rotatable bonds is 8. The third-order valence-corrected chi connectivity index (χ3v) is 2.79. The van der Waals surface area contributed by atoms with Crippen LogP contribution in [0, 0.1) is 0 Å². The quantitative estimate of drug-likeness (QED) is 0.471. The topological polar surface area (TPSA) is 28.5 Å². The van der Waals surface area contributed by atoms with Gasteiger partial charge in [-0.05, 0) is 25.7 Å². The molecule has 15 heavy (non-hydrogen) atoms. The van der Waals surface area contributed by atoms with Crippen LogP contribution in [-0.2, 0) is 22.5 Å². The summed E-state index contributed by atoms with van der Waals surface area (Å²) in [5.74, 6) is 0. The summed E-state index contributed by atoms with van der Waals surface area (Å²) in [6.45, 7) is 14.8. The Labute approximate surface area is 107 Å². The standard InChI is InChI=1S/C12H28N.Mn.O/c1-5-9-13(10-6-2,11-7-3)12-8-4;;/h5-12H2,1-4H3;;/q+1;;-2. The second-order valence-electron chi connectivity index (χ2n) is 4.24. The molecule has 0 fully saturated rings. The predicted octanol–water partition coefficient (Wildman–Crippen LogP) is 3.32. The van der Waals surface area contributed by atoms with E-state index in [0.29, 0.717) is 0 Å². The summed E-state index contributed by atoms with van der Waals surface area (Å²) in [5.41, 5.74) is 0. The summed E-state index contributed by atoms with van der Waals surface area (Å²) in [7, 11) is 0. The largest absolute Gasteiger partial charge is 2.00 e. The molecule has 1 radical (unpaired) electrons.